The normalized spacial score (nSPS) is 10.9. The van der Waals surface area contributed by atoms with Crippen molar-refractivity contribution in [2.75, 3.05) is 0 Å². The van der Waals surface area contributed by atoms with Crippen molar-refractivity contribution in [3.05, 3.63) is 46.8 Å². The van der Waals surface area contributed by atoms with Crippen LogP contribution in [-0.2, 0) is 0 Å². The summed E-state index contributed by atoms with van der Waals surface area (Å²) in [5.74, 6) is 0.818. The second-order valence-electron chi connectivity index (χ2n) is 3.73. The largest absolute Gasteiger partial charge is 0.282 e. The Balaban J connectivity index is 2.29. The van der Waals surface area contributed by atoms with Crippen molar-refractivity contribution in [2.45, 2.75) is 6.92 Å². The van der Waals surface area contributed by atoms with Crippen LogP contribution in [0.1, 0.15) is 5.69 Å². The van der Waals surface area contributed by atoms with E-state index in [0.29, 0.717) is 0 Å². The molecule has 0 aliphatic carbocycles. The van der Waals surface area contributed by atoms with E-state index >= 15 is 0 Å². The van der Waals surface area contributed by atoms with Gasteiger partial charge in [-0.1, -0.05) is 15.9 Å². The number of fused-ring (bicyclic) bond motifs is 1. The molecule has 0 atom stereocenters. The van der Waals surface area contributed by atoms with Gasteiger partial charge in [-0.05, 0) is 31.2 Å². The van der Waals surface area contributed by atoms with Gasteiger partial charge in [0.15, 0.2) is 11.5 Å². The fourth-order valence-electron chi connectivity index (χ4n) is 1.77. The average Bonchev–Trinajstić information content (AvgIpc) is 2.72. The highest BCUT2D eigenvalue weighted by molar-refractivity contribution is 9.10. The summed E-state index contributed by atoms with van der Waals surface area (Å²) in [4.78, 5) is 4.27. The summed E-state index contributed by atoms with van der Waals surface area (Å²) >= 11 is 3.42. The van der Waals surface area contributed by atoms with Gasteiger partial charge < -0.3 is 0 Å². The molecule has 0 aromatic carbocycles. The van der Waals surface area contributed by atoms with Crippen molar-refractivity contribution in [1.82, 2.24) is 19.6 Å². The molecule has 0 fully saturated rings. The number of halogens is 1. The van der Waals surface area contributed by atoms with Crippen molar-refractivity contribution in [2.24, 2.45) is 0 Å². The molecule has 0 amide bonds. The maximum Gasteiger partial charge on any atom is 0.170 e. The number of hydrogen-bond donors (Lipinski definition) is 0. The first-order valence-electron chi connectivity index (χ1n) is 5.18. The van der Waals surface area contributed by atoms with E-state index in [1.54, 1.807) is 6.20 Å². The summed E-state index contributed by atoms with van der Waals surface area (Å²) in [7, 11) is 0. The minimum atomic E-state index is 0.817. The number of nitrogens with zero attached hydrogens (tertiary/aromatic N) is 4. The standard InChI is InChI=1S/C12H9BrN4/c1-8-10(3-2-5-14-8)12-16-15-11-7-9(13)4-6-17(11)12/h2-7H,1H3. The lowest BCUT2D eigenvalue weighted by Gasteiger charge is -2.02. The molecule has 4 nitrogen and oxygen atoms in total. The topological polar surface area (TPSA) is 43.1 Å². The second-order valence-corrected chi connectivity index (χ2v) is 4.65. The SMILES string of the molecule is Cc1ncccc1-c1nnc2cc(Br)ccn12. The molecule has 0 unspecified atom stereocenters. The van der Waals surface area contributed by atoms with E-state index in [4.69, 9.17) is 0 Å². The smallest absolute Gasteiger partial charge is 0.170 e. The molecular formula is C12H9BrN4. The van der Waals surface area contributed by atoms with E-state index in [9.17, 15) is 0 Å². The number of aromatic nitrogens is 4. The molecule has 84 valence electrons. The van der Waals surface area contributed by atoms with E-state index in [-0.39, 0.29) is 0 Å². The molecule has 0 spiro atoms. The van der Waals surface area contributed by atoms with Gasteiger partial charge in [0.2, 0.25) is 0 Å². The van der Waals surface area contributed by atoms with Crippen LogP contribution in [0, 0.1) is 6.92 Å². The molecule has 0 radical (unpaired) electrons. The molecule has 0 N–H and O–H groups in total. The molecule has 5 heteroatoms. The second kappa shape index (κ2) is 3.92. The Morgan fingerprint density at radius 2 is 2.12 bits per heavy atom. The molecule has 3 heterocycles. The molecule has 0 saturated carbocycles. The number of hydrogen-bond acceptors (Lipinski definition) is 3. The van der Waals surface area contributed by atoms with Crippen LogP contribution in [0.15, 0.2) is 41.1 Å². The zero-order chi connectivity index (χ0) is 11.8. The monoisotopic (exact) mass is 288 g/mol. The lowest BCUT2D eigenvalue weighted by molar-refractivity contribution is 1.09. The molecular weight excluding hydrogens is 280 g/mol. The summed E-state index contributed by atoms with van der Waals surface area (Å²) in [6.45, 7) is 1.97. The number of rotatable bonds is 1. The fraction of sp³-hybridized carbons (Fsp3) is 0.0833. The van der Waals surface area contributed by atoms with E-state index in [0.717, 1.165) is 27.2 Å². The van der Waals surface area contributed by atoms with Crippen molar-refractivity contribution in [1.29, 1.82) is 0 Å². The van der Waals surface area contributed by atoms with Gasteiger partial charge in [-0.15, -0.1) is 10.2 Å². The predicted octanol–water partition coefficient (Wildman–Crippen LogP) is 2.86. The highest BCUT2D eigenvalue weighted by atomic mass is 79.9. The van der Waals surface area contributed by atoms with E-state index in [1.165, 1.54) is 0 Å². The Bertz CT molecular complexity index is 690. The minimum absolute atomic E-state index is 0.817. The van der Waals surface area contributed by atoms with Gasteiger partial charge in [0.25, 0.3) is 0 Å². The summed E-state index contributed by atoms with van der Waals surface area (Å²) in [5, 5.41) is 8.37. The molecule has 0 saturated heterocycles. The third-order valence-electron chi connectivity index (χ3n) is 2.62. The molecule has 3 aromatic rings. The zero-order valence-electron chi connectivity index (χ0n) is 9.13. The average molecular weight is 289 g/mol. The van der Waals surface area contributed by atoms with Crippen LogP contribution in [-0.4, -0.2) is 19.6 Å². The first kappa shape index (κ1) is 10.4. The van der Waals surface area contributed by atoms with Gasteiger partial charge >= 0.3 is 0 Å². The van der Waals surface area contributed by atoms with Gasteiger partial charge in [-0.2, -0.15) is 0 Å². The Hall–Kier alpha value is -1.75. The first-order chi connectivity index (χ1) is 8.25. The lowest BCUT2D eigenvalue weighted by atomic mass is 10.2. The maximum atomic E-state index is 4.27. The fourth-order valence-corrected chi connectivity index (χ4v) is 2.09. The lowest BCUT2D eigenvalue weighted by Crippen LogP contribution is -1.92. The highest BCUT2D eigenvalue weighted by Crippen LogP contribution is 2.21. The summed E-state index contributed by atoms with van der Waals surface area (Å²) in [5.41, 5.74) is 2.77. The highest BCUT2D eigenvalue weighted by Gasteiger charge is 2.10. The van der Waals surface area contributed by atoms with Crippen LogP contribution in [0.5, 0.6) is 0 Å². The van der Waals surface area contributed by atoms with Gasteiger partial charge in [0, 0.05) is 28.1 Å². The summed E-state index contributed by atoms with van der Waals surface area (Å²) in [6, 6.07) is 7.80. The molecule has 17 heavy (non-hydrogen) atoms. The van der Waals surface area contributed by atoms with Crippen molar-refractivity contribution in [3.8, 4) is 11.4 Å². The Labute approximate surface area is 106 Å². The number of pyridine rings is 2. The summed E-state index contributed by atoms with van der Waals surface area (Å²) in [6.07, 6.45) is 3.72. The Morgan fingerprint density at radius 1 is 1.24 bits per heavy atom. The van der Waals surface area contributed by atoms with Crippen LogP contribution in [0.4, 0.5) is 0 Å². The van der Waals surface area contributed by atoms with Crippen LogP contribution < -0.4 is 0 Å². The van der Waals surface area contributed by atoms with Gasteiger partial charge in [0.05, 0.1) is 0 Å². The summed E-state index contributed by atoms with van der Waals surface area (Å²) < 4.78 is 2.95. The molecule has 0 aliphatic heterocycles. The minimum Gasteiger partial charge on any atom is -0.282 e. The third-order valence-corrected chi connectivity index (χ3v) is 3.11. The van der Waals surface area contributed by atoms with Crippen LogP contribution in [0.2, 0.25) is 0 Å². The van der Waals surface area contributed by atoms with Crippen LogP contribution >= 0.6 is 15.9 Å². The van der Waals surface area contributed by atoms with E-state index in [1.807, 2.05) is 41.8 Å². The predicted molar refractivity (Wildman–Crippen MR) is 68.7 cm³/mol. The van der Waals surface area contributed by atoms with Gasteiger partial charge in [-0.3, -0.25) is 9.38 Å². The Morgan fingerprint density at radius 3 is 2.94 bits per heavy atom. The van der Waals surface area contributed by atoms with Crippen molar-refractivity contribution >= 4 is 21.6 Å². The van der Waals surface area contributed by atoms with E-state index in [2.05, 4.69) is 31.1 Å². The number of aryl methyl sites for hydroxylation is 1. The molecule has 0 bridgehead atoms. The maximum absolute atomic E-state index is 4.27. The quantitative estimate of drug-likeness (QED) is 0.692. The Kier molecular flexibility index (Phi) is 2.40. The van der Waals surface area contributed by atoms with E-state index < -0.39 is 0 Å². The van der Waals surface area contributed by atoms with Crippen molar-refractivity contribution < 1.29 is 0 Å². The van der Waals surface area contributed by atoms with Crippen LogP contribution in [0.3, 0.4) is 0 Å². The third kappa shape index (κ3) is 1.72. The zero-order valence-corrected chi connectivity index (χ0v) is 10.7. The van der Waals surface area contributed by atoms with Crippen molar-refractivity contribution in [3.63, 3.8) is 0 Å². The van der Waals surface area contributed by atoms with Crippen LogP contribution in [0.25, 0.3) is 17.0 Å². The molecule has 3 aromatic heterocycles. The first-order valence-corrected chi connectivity index (χ1v) is 5.97. The van der Waals surface area contributed by atoms with Gasteiger partial charge in [0.1, 0.15) is 0 Å². The van der Waals surface area contributed by atoms with Gasteiger partial charge in [-0.25, -0.2) is 0 Å². The molecule has 3 rings (SSSR count). The molecule has 0 aliphatic rings.